The van der Waals surface area contributed by atoms with E-state index in [2.05, 4.69) is 41.9 Å². The smallest absolute Gasteiger partial charge is 0.264 e. The molecule has 0 bridgehead atoms. The molecule has 5 rings (SSSR count). The van der Waals surface area contributed by atoms with E-state index in [0.29, 0.717) is 22.2 Å². The maximum Gasteiger partial charge on any atom is 0.264 e. The summed E-state index contributed by atoms with van der Waals surface area (Å²) in [7, 11) is 1.97. The Morgan fingerprint density at radius 2 is 1.94 bits per heavy atom. The van der Waals surface area contributed by atoms with E-state index in [1.807, 2.05) is 17.9 Å². The second-order valence-electron chi connectivity index (χ2n) is 9.59. The Bertz CT molecular complexity index is 1170. The van der Waals surface area contributed by atoms with E-state index < -0.39 is 0 Å². The largest absolute Gasteiger partial charge is 0.382 e. The first-order chi connectivity index (χ1) is 14.8. The summed E-state index contributed by atoms with van der Waals surface area (Å²) in [5.41, 5.74) is 8.63. The van der Waals surface area contributed by atoms with Gasteiger partial charge in [0.15, 0.2) is 5.82 Å². The molecule has 2 aliphatic heterocycles. The number of nitrogens with two attached hydrogens (primary N) is 1. The van der Waals surface area contributed by atoms with Crippen molar-refractivity contribution >= 4 is 22.5 Å². The van der Waals surface area contributed by atoms with Gasteiger partial charge < -0.3 is 19.9 Å². The van der Waals surface area contributed by atoms with Crippen LogP contribution in [0.1, 0.15) is 39.7 Å². The topological polar surface area (TPSA) is 107 Å². The van der Waals surface area contributed by atoms with Crippen molar-refractivity contribution in [3.8, 4) is 11.3 Å². The number of ether oxygens (including phenoxy) is 1. The number of nitrogens with one attached hydrogen (secondary N) is 1. The number of hydrogen-bond acceptors (Lipinski definition) is 6. The Kier molecular flexibility index (Phi) is 4.62. The van der Waals surface area contributed by atoms with E-state index in [-0.39, 0.29) is 17.4 Å². The van der Waals surface area contributed by atoms with Crippen molar-refractivity contribution in [2.24, 2.45) is 18.4 Å². The third kappa shape index (κ3) is 3.13. The standard InChI is InChI=1S/C22H31N7O2/c1-13(2)14(3)29-10-15(19-18(21(29)30)20(23)25-24-19)16-9-17(27(4)26-16)28-7-5-22(6-8-28)11-31-12-22/h9-10,13-14H,5-8,11-12H2,1-4H3,(H3,23,24,25). The molecule has 2 saturated heterocycles. The van der Waals surface area contributed by atoms with Crippen LogP contribution >= 0.6 is 0 Å². The molecule has 31 heavy (non-hydrogen) atoms. The predicted molar refractivity (Wildman–Crippen MR) is 121 cm³/mol. The number of aromatic nitrogens is 5. The third-order valence-electron chi connectivity index (χ3n) is 7.28. The van der Waals surface area contributed by atoms with Gasteiger partial charge in [-0.1, -0.05) is 13.8 Å². The average molecular weight is 426 g/mol. The molecule has 0 aliphatic carbocycles. The molecule has 9 heteroatoms. The fourth-order valence-electron chi connectivity index (χ4n) is 4.75. The molecule has 3 aromatic heterocycles. The molecular formula is C22H31N7O2. The number of H-pyrrole nitrogens is 1. The summed E-state index contributed by atoms with van der Waals surface area (Å²) in [5, 5.41) is 12.3. The summed E-state index contributed by atoms with van der Waals surface area (Å²) in [5.74, 6) is 1.61. The van der Waals surface area contributed by atoms with Gasteiger partial charge in [0.05, 0.1) is 24.4 Å². The fourth-order valence-corrected chi connectivity index (χ4v) is 4.75. The molecule has 1 atom stereocenters. The molecule has 2 fully saturated rings. The first kappa shape index (κ1) is 20.1. The van der Waals surface area contributed by atoms with Crippen molar-refractivity contribution in [1.82, 2.24) is 24.5 Å². The second-order valence-corrected chi connectivity index (χ2v) is 9.59. The van der Waals surface area contributed by atoms with Crippen molar-refractivity contribution in [3.05, 3.63) is 22.6 Å². The number of hydrogen-bond donors (Lipinski definition) is 2. The van der Waals surface area contributed by atoms with Crippen LogP contribution in [0.25, 0.3) is 22.2 Å². The highest BCUT2D eigenvalue weighted by atomic mass is 16.5. The number of fused-ring (bicyclic) bond motifs is 1. The Morgan fingerprint density at radius 3 is 2.55 bits per heavy atom. The van der Waals surface area contributed by atoms with Gasteiger partial charge in [0.1, 0.15) is 11.2 Å². The molecule has 5 heterocycles. The lowest BCUT2D eigenvalue weighted by Gasteiger charge is -2.47. The van der Waals surface area contributed by atoms with Gasteiger partial charge in [0.25, 0.3) is 5.56 Å². The zero-order valence-electron chi connectivity index (χ0n) is 18.7. The minimum absolute atomic E-state index is 0.0242. The summed E-state index contributed by atoms with van der Waals surface area (Å²) in [4.78, 5) is 15.5. The van der Waals surface area contributed by atoms with Gasteiger partial charge in [0, 0.05) is 49.4 Å². The Hall–Kier alpha value is -2.81. The molecule has 0 saturated carbocycles. The maximum absolute atomic E-state index is 13.1. The number of rotatable bonds is 4. The van der Waals surface area contributed by atoms with Gasteiger partial charge in [-0.05, 0) is 25.7 Å². The minimum Gasteiger partial charge on any atom is -0.382 e. The van der Waals surface area contributed by atoms with Gasteiger partial charge in [-0.3, -0.25) is 14.6 Å². The van der Waals surface area contributed by atoms with E-state index in [0.717, 1.165) is 56.2 Å². The van der Waals surface area contributed by atoms with E-state index in [1.54, 1.807) is 4.57 Å². The van der Waals surface area contributed by atoms with Crippen LogP contribution in [0, 0.1) is 11.3 Å². The Morgan fingerprint density at radius 1 is 1.23 bits per heavy atom. The van der Waals surface area contributed by atoms with Crippen LogP contribution < -0.4 is 16.2 Å². The fraction of sp³-hybridized carbons (Fsp3) is 0.591. The summed E-state index contributed by atoms with van der Waals surface area (Å²) in [6.07, 6.45) is 4.19. The molecule has 0 aromatic carbocycles. The Balaban J connectivity index is 1.56. The maximum atomic E-state index is 13.1. The molecule has 1 unspecified atom stereocenters. The monoisotopic (exact) mass is 425 g/mol. The summed E-state index contributed by atoms with van der Waals surface area (Å²) >= 11 is 0. The highest BCUT2D eigenvalue weighted by molar-refractivity contribution is 5.97. The number of aryl methyl sites for hydroxylation is 1. The van der Waals surface area contributed by atoms with Crippen LogP contribution in [0.2, 0.25) is 0 Å². The first-order valence-electron chi connectivity index (χ1n) is 11.1. The van der Waals surface area contributed by atoms with Crippen molar-refractivity contribution in [2.45, 2.75) is 39.7 Å². The lowest BCUT2D eigenvalue weighted by molar-refractivity contribution is -0.124. The van der Waals surface area contributed by atoms with Crippen LogP contribution in [0.15, 0.2) is 17.1 Å². The van der Waals surface area contributed by atoms with E-state index in [4.69, 9.17) is 15.6 Å². The van der Waals surface area contributed by atoms with Crippen LogP contribution in [0.3, 0.4) is 0 Å². The van der Waals surface area contributed by atoms with E-state index in [9.17, 15) is 4.79 Å². The molecule has 9 nitrogen and oxygen atoms in total. The van der Waals surface area contributed by atoms with Gasteiger partial charge in [0.2, 0.25) is 0 Å². The van der Waals surface area contributed by atoms with Crippen molar-refractivity contribution < 1.29 is 4.74 Å². The Labute approximate surface area is 181 Å². The predicted octanol–water partition coefficient (Wildman–Crippen LogP) is 2.54. The summed E-state index contributed by atoms with van der Waals surface area (Å²) in [6.45, 7) is 10.1. The molecule has 166 valence electrons. The molecular weight excluding hydrogens is 394 g/mol. The number of nitrogen functional groups attached to an aromatic ring is 1. The van der Waals surface area contributed by atoms with E-state index in [1.165, 1.54) is 0 Å². The normalized spacial score (nSPS) is 19.3. The van der Waals surface area contributed by atoms with Crippen LogP contribution in [-0.4, -0.2) is 50.8 Å². The minimum atomic E-state index is -0.119. The number of nitrogens with zero attached hydrogens (tertiary/aromatic N) is 5. The quantitative estimate of drug-likeness (QED) is 0.665. The van der Waals surface area contributed by atoms with Gasteiger partial charge in [-0.25, -0.2) is 0 Å². The highest BCUT2D eigenvalue weighted by Gasteiger charge is 2.41. The summed E-state index contributed by atoms with van der Waals surface area (Å²) < 4.78 is 9.15. The molecule has 2 aliphatic rings. The summed E-state index contributed by atoms with van der Waals surface area (Å²) in [6, 6.07) is 2.13. The molecule has 0 radical (unpaired) electrons. The zero-order valence-corrected chi connectivity index (χ0v) is 18.7. The van der Waals surface area contributed by atoms with Crippen LogP contribution in [-0.2, 0) is 11.8 Å². The second kappa shape index (κ2) is 7.12. The lowest BCUT2D eigenvalue weighted by Crippen LogP contribution is -2.51. The number of aromatic amines is 1. The van der Waals surface area contributed by atoms with Gasteiger partial charge in [-0.15, -0.1) is 0 Å². The molecule has 3 N–H and O–H groups in total. The number of pyridine rings is 1. The number of piperidine rings is 1. The molecule has 3 aromatic rings. The van der Waals surface area contributed by atoms with Crippen LogP contribution in [0.4, 0.5) is 11.6 Å². The number of anilines is 2. The third-order valence-corrected chi connectivity index (χ3v) is 7.28. The van der Waals surface area contributed by atoms with Crippen molar-refractivity contribution in [2.75, 3.05) is 36.9 Å². The van der Waals surface area contributed by atoms with Crippen molar-refractivity contribution in [1.29, 1.82) is 0 Å². The molecule has 0 amide bonds. The average Bonchev–Trinajstić information content (AvgIpc) is 3.30. The molecule has 1 spiro atoms. The zero-order chi connectivity index (χ0) is 21.9. The first-order valence-corrected chi connectivity index (χ1v) is 11.1. The van der Waals surface area contributed by atoms with E-state index >= 15 is 0 Å². The lowest BCUT2D eigenvalue weighted by atomic mass is 9.77. The highest BCUT2D eigenvalue weighted by Crippen LogP contribution is 2.40. The van der Waals surface area contributed by atoms with Crippen LogP contribution in [0.5, 0.6) is 0 Å². The van der Waals surface area contributed by atoms with Crippen molar-refractivity contribution in [3.63, 3.8) is 0 Å². The SMILES string of the molecule is CC(C)C(C)n1cc(-c2cc(N3CCC4(CC3)COC4)n(C)n2)c2[nH]nc(N)c2c1=O. The van der Waals surface area contributed by atoms with Gasteiger partial charge >= 0.3 is 0 Å². The van der Waals surface area contributed by atoms with Gasteiger partial charge in [-0.2, -0.15) is 10.2 Å².